The normalized spacial score (nSPS) is 9.80. The maximum absolute atomic E-state index is 11.6. The molecule has 2 rings (SSSR count). The molecule has 1 N–H and O–H groups in total. The molecule has 0 amide bonds. The second-order valence-corrected chi connectivity index (χ2v) is 4.03. The van der Waals surface area contributed by atoms with Gasteiger partial charge in [0.25, 0.3) is 0 Å². The third-order valence-corrected chi connectivity index (χ3v) is 2.61. The fourth-order valence-electron chi connectivity index (χ4n) is 1.69. The lowest BCUT2D eigenvalue weighted by molar-refractivity contribution is 0.0526. The van der Waals surface area contributed by atoms with E-state index in [1.54, 1.807) is 37.3 Å². The molecule has 0 unspecified atom stereocenters. The van der Waals surface area contributed by atoms with E-state index in [2.05, 4.69) is 5.32 Å². The van der Waals surface area contributed by atoms with Crippen LogP contribution >= 0.6 is 0 Å². The van der Waals surface area contributed by atoms with Crippen LogP contribution in [0.2, 0.25) is 0 Å². The Balaban J connectivity index is 2.01. The summed E-state index contributed by atoms with van der Waals surface area (Å²) in [5, 5.41) is 11.8. The molecule has 0 saturated carbocycles. The van der Waals surface area contributed by atoms with Gasteiger partial charge in [-0.2, -0.15) is 5.26 Å². The lowest BCUT2D eigenvalue weighted by Gasteiger charge is -2.06. The van der Waals surface area contributed by atoms with E-state index in [-0.39, 0.29) is 11.7 Å². The number of hydrogen-bond donors (Lipinski definition) is 1. The Kier molecular flexibility index (Phi) is 4.40. The molecule has 1 aromatic heterocycles. The van der Waals surface area contributed by atoms with Crippen LogP contribution in [-0.4, -0.2) is 12.6 Å². The van der Waals surface area contributed by atoms with Crippen LogP contribution in [-0.2, 0) is 11.3 Å². The van der Waals surface area contributed by atoms with Gasteiger partial charge in [-0.3, -0.25) is 0 Å². The van der Waals surface area contributed by atoms with Crippen LogP contribution in [0.3, 0.4) is 0 Å². The minimum absolute atomic E-state index is 0.280. The number of hydrogen-bond acceptors (Lipinski definition) is 5. The second-order valence-electron chi connectivity index (χ2n) is 4.03. The first-order chi connectivity index (χ1) is 9.72. The van der Waals surface area contributed by atoms with Crippen LogP contribution in [0.15, 0.2) is 40.8 Å². The maximum Gasteiger partial charge on any atom is 0.338 e. The molecule has 5 nitrogen and oxygen atoms in total. The number of nitriles is 1. The van der Waals surface area contributed by atoms with E-state index in [4.69, 9.17) is 14.4 Å². The number of rotatable bonds is 5. The molecule has 0 fully saturated rings. The first-order valence-electron chi connectivity index (χ1n) is 6.23. The number of nitrogens with zero attached hydrogens (tertiary/aromatic N) is 1. The summed E-state index contributed by atoms with van der Waals surface area (Å²) in [4.78, 5) is 11.6. The largest absolute Gasteiger partial charge is 0.462 e. The van der Waals surface area contributed by atoms with Crippen molar-refractivity contribution in [3.8, 4) is 6.07 Å². The number of benzene rings is 1. The molecule has 0 aliphatic rings. The van der Waals surface area contributed by atoms with E-state index >= 15 is 0 Å². The SMILES string of the molecule is CCOC(=O)c1cccc(NCc2ccc(C#N)o2)c1. The Hall–Kier alpha value is -2.74. The standard InChI is InChI=1S/C15H14N2O3/c1-2-19-15(18)11-4-3-5-12(8-11)17-10-14-7-6-13(9-16)20-14/h3-8,17H,2,10H2,1H3. The van der Waals surface area contributed by atoms with Crippen molar-refractivity contribution in [2.24, 2.45) is 0 Å². The van der Waals surface area contributed by atoms with Crippen LogP contribution in [0.4, 0.5) is 5.69 Å². The summed E-state index contributed by atoms with van der Waals surface area (Å²) in [6.45, 7) is 2.55. The molecule has 102 valence electrons. The quantitative estimate of drug-likeness (QED) is 0.845. The van der Waals surface area contributed by atoms with Crippen molar-refractivity contribution >= 4 is 11.7 Å². The van der Waals surface area contributed by atoms with Gasteiger partial charge < -0.3 is 14.5 Å². The van der Waals surface area contributed by atoms with Crippen LogP contribution in [0.25, 0.3) is 0 Å². The van der Waals surface area contributed by atoms with Crippen molar-refractivity contribution in [3.63, 3.8) is 0 Å². The van der Waals surface area contributed by atoms with E-state index in [0.29, 0.717) is 24.5 Å². The number of furan rings is 1. The Morgan fingerprint density at radius 3 is 2.95 bits per heavy atom. The molecule has 1 aromatic carbocycles. The summed E-state index contributed by atoms with van der Waals surface area (Å²) in [7, 11) is 0. The molecule has 1 heterocycles. The molecule has 0 saturated heterocycles. The summed E-state index contributed by atoms with van der Waals surface area (Å²) in [5.74, 6) is 0.589. The zero-order valence-electron chi connectivity index (χ0n) is 11.1. The number of nitrogens with one attached hydrogen (secondary N) is 1. The third kappa shape index (κ3) is 3.39. The molecule has 20 heavy (non-hydrogen) atoms. The van der Waals surface area contributed by atoms with E-state index in [0.717, 1.165) is 5.69 Å². The lowest BCUT2D eigenvalue weighted by atomic mass is 10.2. The average Bonchev–Trinajstić information content (AvgIpc) is 2.94. The van der Waals surface area contributed by atoms with Gasteiger partial charge in [0.15, 0.2) is 0 Å². The first kappa shape index (κ1) is 13.7. The number of ether oxygens (including phenoxy) is 1. The van der Waals surface area contributed by atoms with Crippen molar-refractivity contribution in [1.82, 2.24) is 0 Å². The molecule has 5 heteroatoms. The Labute approximate surface area is 116 Å². The van der Waals surface area contributed by atoms with Gasteiger partial charge in [0.1, 0.15) is 11.8 Å². The van der Waals surface area contributed by atoms with Crippen LogP contribution < -0.4 is 5.32 Å². The minimum atomic E-state index is -0.346. The zero-order chi connectivity index (χ0) is 14.4. The number of carbonyl (C=O) groups is 1. The first-order valence-corrected chi connectivity index (χ1v) is 6.23. The van der Waals surface area contributed by atoms with Gasteiger partial charge in [0.05, 0.1) is 18.7 Å². The van der Waals surface area contributed by atoms with Crippen molar-refractivity contribution in [3.05, 3.63) is 53.5 Å². The molecule has 0 aliphatic carbocycles. The molecule has 0 bridgehead atoms. The molecule has 2 aromatic rings. The predicted molar refractivity (Wildman–Crippen MR) is 73.1 cm³/mol. The molecule has 0 atom stereocenters. The highest BCUT2D eigenvalue weighted by molar-refractivity contribution is 5.90. The fourth-order valence-corrected chi connectivity index (χ4v) is 1.69. The van der Waals surface area contributed by atoms with Crippen molar-refractivity contribution in [2.45, 2.75) is 13.5 Å². The second kappa shape index (κ2) is 6.43. The van der Waals surface area contributed by atoms with E-state index in [1.165, 1.54) is 0 Å². The summed E-state index contributed by atoms with van der Waals surface area (Å²) in [6, 6.07) is 12.3. The Morgan fingerprint density at radius 1 is 1.40 bits per heavy atom. The minimum Gasteiger partial charge on any atom is -0.462 e. The number of esters is 1. The van der Waals surface area contributed by atoms with Crippen LogP contribution in [0.5, 0.6) is 0 Å². The summed E-state index contributed by atoms with van der Waals surface area (Å²) >= 11 is 0. The summed E-state index contributed by atoms with van der Waals surface area (Å²) in [6.07, 6.45) is 0. The average molecular weight is 270 g/mol. The lowest BCUT2D eigenvalue weighted by Crippen LogP contribution is -2.05. The molecule has 0 aliphatic heterocycles. The van der Waals surface area contributed by atoms with Gasteiger partial charge in [0, 0.05) is 5.69 Å². The van der Waals surface area contributed by atoms with E-state index < -0.39 is 0 Å². The highest BCUT2D eigenvalue weighted by Crippen LogP contribution is 2.14. The fraction of sp³-hybridized carbons (Fsp3) is 0.200. The van der Waals surface area contributed by atoms with Crippen LogP contribution in [0, 0.1) is 11.3 Å². The molecule has 0 spiro atoms. The van der Waals surface area contributed by atoms with E-state index in [1.807, 2.05) is 12.1 Å². The maximum atomic E-state index is 11.6. The van der Waals surface area contributed by atoms with Crippen molar-refractivity contribution < 1.29 is 13.9 Å². The monoisotopic (exact) mass is 270 g/mol. The van der Waals surface area contributed by atoms with Crippen molar-refractivity contribution in [1.29, 1.82) is 5.26 Å². The van der Waals surface area contributed by atoms with Gasteiger partial charge in [-0.15, -0.1) is 0 Å². The predicted octanol–water partition coefficient (Wildman–Crippen LogP) is 2.94. The van der Waals surface area contributed by atoms with Gasteiger partial charge in [-0.05, 0) is 37.3 Å². The highest BCUT2D eigenvalue weighted by Gasteiger charge is 2.07. The zero-order valence-corrected chi connectivity index (χ0v) is 11.1. The summed E-state index contributed by atoms with van der Waals surface area (Å²) < 4.78 is 10.2. The van der Waals surface area contributed by atoms with E-state index in [9.17, 15) is 4.79 Å². The Bertz CT molecular complexity index is 641. The molecular formula is C15H14N2O3. The Morgan fingerprint density at radius 2 is 2.25 bits per heavy atom. The van der Waals surface area contributed by atoms with Gasteiger partial charge in [-0.1, -0.05) is 6.07 Å². The van der Waals surface area contributed by atoms with Crippen LogP contribution in [0.1, 0.15) is 28.8 Å². The molecule has 0 radical (unpaired) electrons. The topological polar surface area (TPSA) is 75.3 Å². The van der Waals surface area contributed by atoms with Gasteiger partial charge in [0.2, 0.25) is 5.76 Å². The van der Waals surface area contributed by atoms with Gasteiger partial charge in [-0.25, -0.2) is 4.79 Å². The highest BCUT2D eigenvalue weighted by atomic mass is 16.5. The molecular weight excluding hydrogens is 256 g/mol. The number of carbonyl (C=O) groups excluding carboxylic acids is 1. The smallest absolute Gasteiger partial charge is 0.338 e. The van der Waals surface area contributed by atoms with Crippen molar-refractivity contribution in [2.75, 3.05) is 11.9 Å². The van der Waals surface area contributed by atoms with Gasteiger partial charge >= 0.3 is 5.97 Å². The number of anilines is 1. The third-order valence-electron chi connectivity index (χ3n) is 2.61. The summed E-state index contributed by atoms with van der Waals surface area (Å²) in [5.41, 5.74) is 1.28.